The maximum absolute atomic E-state index is 11.3. The summed E-state index contributed by atoms with van der Waals surface area (Å²) in [6.07, 6.45) is 12.4. The molecular formula is C16H22O4. The standard InChI is InChI=1S/C16H22O4/c1-5-12(6-2)9-14(16(19)20)10-13(7-3)8-11(4)15(17)18/h1,3,11-14H,6,8-10H2,2,4H3,(H,17,18)(H,19,20). The van der Waals surface area contributed by atoms with E-state index in [1.165, 1.54) is 0 Å². The maximum Gasteiger partial charge on any atom is 0.306 e. The van der Waals surface area contributed by atoms with Crippen molar-refractivity contribution in [2.75, 3.05) is 0 Å². The average Bonchev–Trinajstić information content (AvgIpc) is 2.41. The third kappa shape index (κ3) is 6.29. The van der Waals surface area contributed by atoms with Crippen LogP contribution >= 0.6 is 0 Å². The van der Waals surface area contributed by atoms with E-state index in [9.17, 15) is 14.7 Å². The molecule has 0 radical (unpaired) electrons. The molecule has 4 nitrogen and oxygen atoms in total. The molecule has 4 atom stereocenters. The van der Waals surface area contributed by atoms with E-state index >= 15 is 0 Å². The van der Waals surface area contributed by atoms with Crippen molar-refractivity contribution < 1.29 is 19.8 Å². The number of carboxylic acid groups (broad SMARTS) is 2. The predicted molar refractivity (Wildman–Crippen MR) is 76.7 cm³/mol. The van der Waals surface area contributed by atoms with E-state index in [1.807, 2.05) is 6.92 Å². The zero-order valence-electron chi connectivity index (χ0n) is 12.0. The highest BCUT2D eigenvalue weighted by Crippen LogP contribution is 2.26. The lowest BCUT2D eigenvalue weighted by Crippen LogP contribution is -2.22. The number of hydrogen-bond acceptors (Lipinski definition) is 2. The molecule has 0 aliphatic carbocycles. The van der Waals surface area contributed by atoms with E-state index in [4.69, 9.17) is 18.0 Å². The van der Waals surface area contributed by atoms with Crippen LogP contribution in [0.2, 0.25) is 0 Å². The van der Waals surface area contributed by atoms with Gasteiger partial charge in [0, 0.05) is 11.8 Å². The van der Waals surface area contributed by atoms with Crippen molar-refractivity contribution in [3.05, 3.63) is 0 Å². The van der Waals surface area contributed by atoms with Crippen molar-refractivity contribution in [2.45, 2.75) is 39.5 Å². The normalized spacial score (nSPS) is 16.2. The molecule has 0 spiro atoms. The molecule has 110 valence electrons. The van der Waals surface area contributed by atoms with E-state index in [0.29, 0.717) is 12.8 Å². The van der Waals surface area contributed by atoms with Crippen molar-refractivity contribution in [3.8, 4) is 24.7 Å². The van der Waals surface area contributed by atoms with Crippen LogP contribution in [0.3, 0.4) is 0 Å². The summed E-state index contributed by atoms with van der Waals surface area (Å²) in [5.74, 6) is 1.56. The molecule has 0 fully saturated rings. The molecule has 2 N–H and O–H groups in total. The molecule has 4 heteroatoms. The van der Waals surface area contributed by atoms with Gasteiger partial charge in [-0.15, -0.1) is 24.7 Å². The quantitative estimate of drug-likeness (QED) is 0.635. The molecule has 0 amide bonds. The van der Waals surface area contributed by atoms with Crippen LogP contribution in [0.25, 0.3) is 0 Å². The minimum atomic E-state index is -0.929. The highest BCUT2D eigenvalue weighted by Gasteiger charge is 2.26. The van der Waals surface area contributed by atoms with Crippen LogP contribution in [0, 0.1) is 48.4 Å². The highest BCUT2D eigenvalue weighted by molar-refractivity contribution is 5.70. The molecule has 0 aromatic rings. The fourth-order valence-corrected chi connectivity index (χ4v) is 2.10. The Morgan fingerprint density at radius 1 is 1.00 bits per heavy atom. The van der Waals surface area contributed by atoms with E-state index in [2.05, 4.69) is 11.8 Å². The van der Waals surface area contributed by atoms with E-state index in [0.717, 1.165) is 0 Å². The zero-order valence-corrected chi connectivity index (χ0v) is 12.0. The molecule has 0 heterocycles. The first-order valence-electron chi connectivity index (χ1n) is 6.73. The smallest absolute Gasteiger partial charge is 0.306 e. The van der Waals surface area contributed by atoms with E-state index < -0.39 is 23.8 Å². The van der Waals surface area contributed by atoms with Crippen LogP contribution < -0.4 is 0 Å². The second-order valence-corrected chi connectivity index (χ2v) is 5.12. The Bertz CT molecular complexity index is 413. The maximum atomic E-state index is 11.3. The highest BCUT2D eigenvalue weighted by atomic mass is 16.4. The topological polar surface area (TPSA) is 74.6 Å². The molecule has 0 aromatic heterocycles. The van der Waals surface area contributed by atoms with Gasteiger partial charge >= 0.3 is 11.9 Å². The fraction of sp³-hybridized carbons (Fsp3) is 0.625. The van der Waals surface area contributed by atoms with Gasteiger partial charge in [-0.2, -0.15) is 0 Å². The van der Waals surface area contributed by atoms with Crippen LogP contribution in [0.1, 0.15) is 39.5 Å². The van der Waals surface area contributed by atoms with Crippen LogP contribution in [0.5, 0.6) is 0 Å². The van der Waals surface area contributed by atoms with Gasteiger partial charge in [-0.1, -0.05) is 13.8 Å². The Balaban J connectivity index is 4.71. The monoisotopic (exact) mass is 278 g/mol. The van der Waals surface area contributed by atoms with Gasteiger partial charge in [0.1, 0.15) is 0 Å². The summed E-state index contributed by atoms with van der Waals surface area (Å²) in [7, 11) is 0. The Kier molecular flexibility index (Phi) is 8.16. The summed E-state index contributed by atoms with van der Waals surface area (Å²) in [6, 6.07) is 0. The molecule has 0 aromatic carbocycles. The van der Waals surface area contributed by atoms with Crippen molar-refractivity contribution in [1.82, 2.24) is 0 Å². The number of carboxylic acids is 2. The lowest BCUT2D eigenvalue weighted by atomic mass is 9.83. The third-order valence-electron chi connectivity index (χ3n) is 3.51. The minimum Gasteiger partial charge on any atom is -0.481 e. The summed E-state index contributed by atoms with van der Waals surface area (Å²) >= 11 is 0. The summed E-state index contributed by atoms with van der Waals surface area (Å²) < 4.78 is 0. The van der Waals surface area contributed by atoms with Crippen molar-refractivity contribution in [1.29, 1.82) is 0 Å². The van der Waals surface area contributed by atoms with Gasteiger partial charge in [0.25, 0.3) is 0 Å². The predicted octanol–water partition coefficient (Wildman–Crippen LogP) is 2.49. The van der Waals surface area contributed by atoms with Gasteiger partial charge in [-0.3, -0.25) is 9.59 Å². The Morgan fingerprint density at radius 3 is 1.85 bits per heavy atom. The molecule has 4 unspecified atom stereocenters. The minimum absolute atomic E-state index is 0.0913. The first kappa shape index (κ1) is 18.1. The largest absolute Gasteiger partial charge is 0.481 e. The summed E-state index contributed by atoms with van der Waals surface area (Å²) in [6.45, 7) is 3.48. The molecule has 0 rings (SSSR count). The molecule has 0 bridgehead atoms. The second kappa shape index (κ2) is 9.04. The lowest BCUT2D eigenvalue weighted by molar-refractivity contribution is -0.142. The molecule has 20 heavy (non-hydrogen) atoms. The number of carbonyl (C=O) groups is 2. The Hall–Kier alpha value is -1.94. The van der Waals surface area contributed by atoms with E-state index in [1.54, 1.807) is 6.92 Å². The van der Waals surface area contributed by atoms with Crippen LogP contribution in [0.4, 0.5) is 0 Å². The van der Waals surface area contributed by atoms with Crippen molar-refractivity contribution in [3.63, 3.8) is 0 Å². The molecule has 0 aliphatic rings. The number of rotatable bonds is 9. The fourth-order valence-electron chi connectivity index (χ4n) is 2.10. The van der Waals surface area contributed by atoms with Gasteiger partial charge < -0.3 is 10.2 Å². The van der Waals surface area contributed by atoms with E-state index in [-0.39, 0.29) is 24.7 Å². The number of aliphatic carboxylic acids is 2. The third-order valence-corrected chi connectivity index (χ3v) is 3.51. The second-order valence-electron chi connectivity index (χ2n) is 5.12. The zero-order chi connectivity index (χ0) is 15.7. The lowest BCUT2D eigenvalue weighted by Gasteiger charge is -2.20. The van der Waals surface area contributed by atoms with Gasteiger partial charge in [0.05, 0.1) is 11.8 Å². The Labute approximate surface area is 120 Å². The SMILES string of the molecule is C#CC(CC)CC(CC(C#C)CC(C)C(=O)O)C(=O)O. The summed E-state index contributed by atoms with van der Waals surface area (Å²) in [4.78, 5) is 22.1. The van der Waals surface area contributed by atoms with Crippen LogP contribution in [0.15, 0.2) is 0 Å². The average molecular weight is 278 g/mol. The first-order chi connectivity index (χ1) is 9.35. The van der Waals surface area contributed by atoms with Crippen molar-refractivity contribution >= 4 is 11.9 Å². The van der Waals surface area contributed by atoms with Gasteiger partial charge in [0.15, 0.2) is 0 Å². The molecule has 0 saturated heterocycles. The van der Waals surface area contributed by atoms with Crippen molar-refractivity contribution in [2.24, 2.45) is 23.7 Å². The first-order valence-corrected chi connectivity index (χ1v) is 6.73. The summed E-state index contributed by atoms with van der Waals surface area (Å²) in [5.41, 5.74) is 0. The van der Waals surface area contributed by atoms with Gasteiger partial charge in [-0.05, 0) is 25.7 Å². The van der Waals surface area contributed by atoms with Crippen LogP contribution in [-0.2, 0) is 9.59 Å². The Morgan fingerprint density at radius 2 is 1.50 bits per heavy atom. The molecule has 0 aliphatic heterocycles. The number of terminal acetylenes is 2. The molecule has 0 saturated carbocycles. The summed E-state index contributed by atoms with van der Waals surface area (Å²) in [5, 5.41) is 18.1. The van der Waals surface area contributed by atoms with Gasteiger partial charge in [0.2, 0.25) is 0 Å². The van der Waals surface area contributed by atoms with Gasteiger partial charge in [-0.25, -0.2) is 0 Å². The number of hydrogen-bond donors (Lipinski definition) is 2. The molecular weight excluding hydrogens is 256 g/mol. The van der Waals surface area contributed by atoms with Crippen LogP contribution in [-0.4, -0.2) is 22.2 Å².